The van der Waals surface area contributed by atoms with Crippen molar-refractivity contribution in [1.29, 1.82) is 0 Å². The minimum atomic E-state index is -4.42. The Morgan fingerprint density at radius 3 is 2.56 bits per heavy atom. The van der Waals surface area contributed by atoms with Gasteiger partial charge in [-0.1, -0.05) is 5.16 Å². The van der Waals surface area contributed by atoms with Crippen molar-refractivity contribution >= 4 is 17.3 Å². The van der Waals surface area contributed by atoms with Crippen molar-refractivity contribution in [2.24, 2.45) is 0 Å². The number of nitrogens with two attached hydrogens (primary N) is 1. The molecule has 3 N–H and O–H groups in total. The second-order valence-corrected chi connectivity index (χ2v) is 3.76. The van der Waals surface area contributed by atoms with Gasteiger partial charge in [0.1, 0.15) is 0 Å². The van der Waals surface area contributed by atoms with E-state index >= 15 is 0 Å². The number of nitrogen functional groups attached to an aromatic ring is 1. The van der Waals surface area contributed by atoms with Gasteiger partial charge in [0, 0.05) is 6.07 Å². The topological polar surface area (TPSA) is 64.1 Å². The highest BCUT2D eigenvalue weighted by atomic mass is 19.4. The predicted molar refractivity (Wildman–Crippen MR) is 60.4 cm³/mol. The number of nitrogens with zero attached hydrogens (tertiary/aromatic N) is 1. The number of hydrogen-bond donors (Lipinski definition) is 2. The molecular weight excluding hydrogens is 247 g/mol. The smallest absolute Gasteiger partial charge is 0.397 e. The number of halogens is 3. The van der Waals surface area contributed by atoms with Crippen LogP contribution in [0.1, 0.15) is 11.3 Å². The fraction of sp³-hybridized carbons (Fsp3) is 0.182. The quantitative estimate of drug-likeness (QED) is 0.810. The molecule has 0 aliphatic rings. The summed E-state index contributed by atoms with van der Waals surface area (Å²) in [5.41, 5.74) is 5.74. The molecule has 0 amide bonds. The van der Waals surface area contributed by atoms with Gasteiger partial charge in [-0.05, 0) is 25.1 Å². The summed E-state index contributed by atoms with van der Waals surface area (Å²) in [6.07, 6.45) is -4.42. The molecule has 4 nitrogen and oxygen atoms in total. The van der Waals surface area contributed by atoms with Gasteiger partial charge in [0.05, 0.1) is 22.6 Å². The molecule has 0 aliphatic heterocycles. The van der Waals surface area contributed by atoms with Crippen LogP contribution >= 0.6 is 0 Å². The number of benzene rings is 1. The van der Waals surface area contributed by atoms with Crippen LogP contribution in [-0.2, 0) is 6.18 Å². The molecule has 0 atom stereocenters. The van der Waals surface area contributed by atoms with E-state index in [1.54, 1.807) is 13.0 Å². The minimum Gasteiger partial charge on any atom is -0.397 e. The molecule has 0 saturated heterocycles. The number of rotatable bonds is 2. The van der Waals surface area contributed by atoms with Gasteiger partial charge >= 0.3 is 6.18 Å². The van der Waals surface area contributed by atoms with Gasteiger partial charge < -0.3 is 15.6 Å². The van der Waals surface area contributed by atoms with Crippen LogP contribution in [0.5, 0.6) is 0 Å². The summed E-state index contributed by atoms with van der Waals surface area (Å²) in [5, 5.41) is 6.26. The molecule has 0 spiro atoms. The van der Waals surface area contributed by atoms with Gasteiger partial charge in [-0.25, -0.2) is 0 Å². The molecule has 0 fully saturated rings. The summed E-state index contributed by atoms with van der Waals surface area (Å²) >= 11 is 0. The summed E-state index contributed by atoms with van der Waals surface area (Å²) < 4.78 is 42.5. The third kappa shape index (κ3) is 2.55. The van der Waals surface area contributed by atoms with Crippen molar-refractivity contribution in [2.75, 3.05) is 11.1 Å². The lowest BCUT2D eigenvalue weighted by Crippen LogP contribution is -2.06. The van der Waals surface area contributed by atoms with Crippen molar-refractivity contribution in [2.45, 2.75) is 13.1 Å². The monoisotopic (exact) mass is 257 g/mol. The van der Waals surface area contributed by atoms with Gasteiger partial charge in [0.15, 0.2) is 0 Å². The Hall–Kier alpha value is -2.18. The summed E-state index contributed by atoms with van der Waals surface area (Å²) in [4.78, 5) is 0. The minimum absolute atomic E-state index is 0.126. The fourth-order valence-electron chi connectivity index (χ4n) is 1.40. The summed E-state index contributed by atoms with van der Waals surface area (Å²) in [5.74, 6) is 0.235. The predicted octanol–water partition coefficient (Wildman–Crippen LogP) is 3.33. The van der Waals surface area contributed by atoms with E-state index in [9.17, 15) is 13.2 Å². The normalized spacial score (nSPS) is 11.6. The van der Waals surface area contributed by atoms with Crippen LogP contribution in [0.3, 0.4) is 0 Å². The van der Waals surface area contributed by atoms with Gasteiger partial charge in [0.2, 0.25) is 5.88 Å². The van der Waals surface area contributed by atoms with Crippen LogP contribution in [-0.4, -0.2) is 5.16 Å². The summed E-state index contributed by atoms with van der Waals surface area (Å²) in [7, 11) is 0. The number of nitrogens with one attached hydrogen (secondary N) is 1. The lowest BCUT2D eigenvalue weighted by atomic mass is 10.1. The highest BCUT2D eigenvalue weighted by Gasteiger charge is 2.30. The first-order valence-corrected chi connectivity index (χ1v) is 5.03. The molecule has 1 aromatic heterocycles. The number of alkyl halides is 3. The van der Waals surface area contributed by atoms with Crippen LogP contribution < -0.4 is 11.1 Å². The Morgan fingerprint density at radius 2 is 2.00 bits per heavy atom. The zero-order valence-electron chi connectivity index (χ0n) is 9.38. The summed E-state index contributed by atoms with van der Waals surface area (Å²) in [6.45, 7) is 1.70. The van der Waals surface area contributed by atoms with Crippen molar-refractivity contribution in [3.8, 4) is 0 Å². The maximum absolute atomic E-state index is 12.5. The standard InChI is InChI=1S/C11H10F3N3O/c1-6-4-10(18-17-6)16-9-5-7(11(12,13)14)2-3-8(9)15/h2-5,16H,15H2,1H3. The molecule has 2 aromatic rings. The average molecular weight is 257 g/mol. The van der Waals surface area contributed by atoms with Crippen molar-refractivity contribution < 1.29 is 17.7 Å². The molecular formula is C11H10F3N3O. The second kappa shape index (κ2) is 4.25. The van der Waals surface area contributed by atoms with Gasteiger partial charge in [0.25, 0.3) is 0 Å². The maximum Gasteiger partial charge on any atom is 0.416 e. The zero-order chi connectivity index (χ0) is 13.3. The molecule has 0 bridgehead atoms. The highest BCUT2D eigenvalue weighted by Crippen LogP contribution is 2.34. The van der Waals surface area contributed by atoms with E-state index in [-0.39, 0.29) is 17.3 Å². The van der Waals surface area contributed by atoms with Crippen molar-refractivity contribution in [3.63, 3.8) is 0 Å². The highest BCUT2D eigenvalue weighted by molar-refractivity contribution is 5.71. The molecule has 0 saturated carbocycles. The van der Waals surface area contributed by atoms with Crippen LogP contribution in [0.2, 0.25) is 0 Å². The third-order valence-electron chi connectivity index (χ3n) is 2.27. The van der Waals surface area contributed by atoms with Gasteiger partial charge in [-0.2, -0.15) is 13.2 Å². The Labute approximate surface area is 101 Å². The van der Waals surface area contributed by atoms with Crippen LogP contribution in [0.25, 0.3) is 0 Å². The van der Waals surface area contributed by atoms with E-state index in [2.05, 4.69) is 10.5 Å². The van der Waals surface area contributed by atoms with Crippen LogP contribution in [0.15, 0.2) is 28.8 Å². The molecule has 0 aliphatic carbocycles. The molecule has 1 aromatic carbocycles. The molecule has 7 heteroatoms. The Morgan fingerprint density at radius 1 is 1.28 bits per heavy atom. The molecule has 0 unspecified atom stereocenters. The van der Waals surface area contributed by atoms with E-state index in [4.69, 9.17) is 10.3 Å². The number of aryl methyl sites for hydroxylation is 1. The van der Waals surface area contributed by atoms with Crippen LogP contribution in [0, 0.1) is 6.92 Å². The Bertz CT molecular complexity index is 563. The van der Waals surface area contributed by atoms with Crippen molar-refractivity contribution in [1.82, 2.24) is 5.16 Å². The van der Waals surface area contributed by atoms with E-state index in [0.717, 1.165) is 12.1 Å². The Balaban J connectivity index is 2.32. The lowest BCUT2D eigenvalue weighted by Gasteiger charge is -2.11. The average Bonchev–Trinajstić information content (AvgIpc) is 2.66. The first-order valence-electron chi connectivity index (χ1n) is 5.03. The van der Waals surface area contributed by atoms with E-state index in [0.29, 0.717) is 5.69 Å². The largest absolute Gasteiger partial charge is 0.416 e. The van der Waals surface area contributed by atoms with E-state index in [1.807, 2.05) is 0 Å². The van der Waals surface area contributed by atoms with Crippen LogP contribution in [0.4, 0.5) is 30.4 Å². The molecule has 2 rings (SSSR count). The first kappa shape index (κ1) is 12.3. The third-order valence-corrected chi connectivity index (χ3v) is 2.27. The van der Waals surface area contributed by atoms with Gasteiger partial charge in [-0.3, -0.25) is 0 Å². The number of anilines is 3. The maximum atomic E-state index is 12.5. The molecule has 18 heavy (non-hydrogen) atoms. The van der Waals surface area contributed by atoms with Gasteiger partial charge in [-0.15, -0.1) is 0 Å². The summed E-state index contributed by atoms with van der Waals surface area (Å²) in [6, 6.07) is 4.59. The fourth-order valence-corrected chi connectivity index (χ4v) is 1.40. The van der Waals surface area contributed by atoms with E-state index < -0.39 is 11.7 Å². The lowest BCUT2D eigenvalue weighted by molar-refractivity contribution is -0.137. The Kier molecular flexibility index (Phi) is 2.90. The molecule has 1 heterocycles. The zero-order valence-corrected chi connectivity index (χ0v) is 9.38. The SMILES string of the molecule is Cc1cc(Nc2cc(C(F)(F)F)ccc2N)on1. The number of aromatic nitrogens is 1. The second-order valence-electron chi connectivity index (χ2n) is 3.76. The number of hydrogen-bond acceptors (Lipinski definition) is 4. The first-order chi connectivity index (χ1) is 8.36. The molecule has 96 valence electrons. The van der Waals surface area contributed by atoms with E-state index in [1.165, 1.54) is 6.07 Å². The van der Waals surface area contributed by atoms with Crippen molar-refractivity contribution in [3.05, 3.63) is 35.5 Å². The molecule has 0 radical (unpaired) electrons.